The van der Waals surface area contributed by atoms with Crippen LogP contribution < -0.4 is 4.90 Å². The van der Waals surface area contributed by atoms with Crippen molar-refractivity contribution >= 4 is 5.82 Å². The van der Waals surface area contributed by atoms with Crippen molar-refractivity contribution < 1.29 is 5.11 Å². The minimum absolute atomic E-state index is 0.375. The Bertz CT molecular complexity index is 459. The van der Waals surface area contributed by atoms with Crippen molar-refractivity contribution in [2.75, 3.05) is 58.3 Å². The van der Waals surface area contributed by atoms with Crippen LogP contribution >= 0.6 is 0 Å². The minimum atomic E-state index is -0.375. The molecule has 6 heteroatoms. The summed E-state index contributed by atoms with van der Waals surface area (Å²) in [6.07, 6.45) is 1.40. The van der Waals surface area contributed by atoms with Crippen LogP contribution in [0.25, 0.3) is 0 Å². The zero-order chi connectivity index (χ0) is 15.4. The first-order valence-corrected chi connectivity index (χ1v) is 7.56. The van der Waals surface area contributed by atoms with Gasteiger partial charge in [-0.1, -0.05) is 0 Å². The van der Waals surface area contributed by atoms with Gasteiger partial charge in [0, 0.05) is 52.5 Å². The molecule has 0 aliphatic carbocycles. The SMILES string of the molecule is Cc1cnc(C)c(N(C)C[C@H](O)CN2CCN(C)CC2)n1. The van der Waals surface area contributed by atoms with Crippen LogP contribution in [0.1, 0.15) is 11.4 Å². The van der Waals surface area contributed by atoms with Gasteiger partial charge in [0.15, 0.2) is 0 Å². The second kappa shape index (κ2) is 7.15. The molecule has 0 unspecified atom stereocenters. The van der Waals surface area contributed by atoms with Crippen molar-refractivity contribution in [1.29, 1.82) is 0 Å². The number of nitrogens with zero attached hydrogens (tertiary/aromatic N) is 5. The van der Waals surface area contributed by atoms with Crippen LogP contribution in [0.2, 0.25) is 0 Å². The lowest BCUT2D eigenvalue weighted by Crippen LogP contribution is -2.48. The summed E-state index contributed by atoms with van der Waals surface area (Å²) >= 11 is 0. The van der Waals surface area contributed by atoms with Gasteiger partial charge in [-0.05, 0) is 20.9 Å². The molecule has 1 saturated heterocycles. The van der Waals surface area contributed by atoms with Crippen molar-refractivity contribution in [2.45, 2.75) is 20.0 Å². The summed E-state index contributed by atoms with van der Waals surface area (Å²) in [6.45, 7) is 9.38. The maximum absolute atomic E-state index is 10.3. The molecule has 21 heavy (non-hydrogen) atoms. The third-order valence-corrected chi connectivity index (χ3v) is 3.96. The molecule has 118 valence electrons. The highest BCUT2D eigenvalue weighted by molar-refractivity contribution is 5.42. The molecule has 1 aliphatic rings. The Balaban J connectivity index is 1.87. The third-order valence-electron chi connectivity index (χ3n) is 3.96. The molecule has 1 aromatic rings. The van der Waals surface area contributed by atoms with Gasteiger partial charge in [0.2, 0.25) is 0 Å². The fourth-order valence-electron chi connectivity index (χ4n) is 2.68. The van der Waals surface area contributed by atoms with Crippen LogP contribution in [-0.2, 0) is 0 Å². The number of β-amino-alcohol motifs (C(OH)–C–C–N with tert-alkyl or cyclic N) is 1. The first-order chi connectivity index (χ1) is 9.95. The average Bonchev–Trinajstić information content (AvgIpc) is 2.44. The summed E-state index contributed by atoms with van der Waals surface area (Å²) in [5.74, 6) is 0.854. The number of hydrogen-bond donors (Lipinski definition) is 1. The van der Waals surface area contributed by atoms with Crippen LogP contribution in [0.4, 0.5) is 5.82 Å². The van der Waals surface area contributed by atoms with Crippen LogP contribution in [0.5, 0.6) is 0 Å². The number of aliphatic hydroxyl groups excluding tert-OH is 1. The van der Waals surface area contributed by atoms with Crippen molar-refractivity contribution in [3.05, 3.63) is 17.6 Å². The quantitative estimate of drug-likeness (QED) is 0.833. The third kappa shape index (κ3) is 4.62. The summed E-state index contributed by atoms with van der Waals surface area (Å²) in [5.41, 5.74) is 1.80. The molecule has 0 spiro atoms. The van der Waals surface area contributed by atoms with E-state index in [4.69, 9.17) is 0 Å². The molecule has 2 heterocycles. The van der Waals surface area contributed by atoms with Gasteiger partial charge in [0.1, 0.15) is 5.82 Å². The van der Waals surface area contributed by atoms with Gasteiger partial charge >= 0.3 is 0 Å². The Morgan fingerprint density at radius 2 is 1.95 bits per heavy atom. The molecular formula is C15H27N5O. The number of hydrogen-bond acceptors (Lipinski definition) is 6. The highest BCUT2D eigenvalue weighted by Gasteiger charge is 2.19. The summed E-state index contributed by atoms with van der Waals surface area (Å²) in [4.78, 5) is 15.5. The smallest absolute Gasteiger partial charge is 0.150 e. The molecule has 1 fully saturated rings. The van der Waals surface area contributed by atoms with Gasteiger partial charge in [-0.25, -0.2) is 4.98 Å². The molecule has 0 amide bonds. The number of aryl methyl sites for hydroxylation is 2. The lowest BCUT2D eigenvalue weighted by atomic mass is 10.2. The van der Waals surface area contributed by atoms with Gasteiger partial charge in [0.25, 0.3) is 0 Å². The summed E-state index contributed by atoms with van der Waals surface area (Å²) in [5, 5.41) is 10.3. The van der Waals surface area contributed by atoms with Gasteiger partial charge in [-0.15, -0.1) is 0 Å². The van der Waals surface area contributed by atoms with Gasteiger partial charge < -0.3 is 14.9 Å². The summed E-state index contributed by atoms with van der Waals surface area (Å²) < 4.78 is 0. The van der Waals surface area contributed by atoms with Crippen LogP contribution in [0.15, 0.2) is 6.20 Å². The van der Waals surface area contributed by atoms with Crippen LogP contribution in [0.3, 0.4) is 0 Å². The molecule has 0 radical (unpaired) electrons. The van der Waals surface area contributed by atoms with E-state index in [0.29, 0.717) is 6.54 Å². The van der Waals surface area contributed by atoms with Crippen LogP contribution in [-0.4, -0.2) is 84.3 Å². The molecule has 0 saturated carbocycles. The van der Waals surface area contributed by atoms with Gasteiger partial charge in [-0.3, -0.25) is 9.88 Å². The first kappa shape index (κ1) is 16.1. The zero-order valence-corrected chi connectivity index (χ0v) is 13.6. The Labute approximate surface area is 127 Å². The minimum Gasteiger partial charge on any atom is -0.390 e. The highest BCUT2D eigenvalue weighted by atomic mass is 16.3. The Hall–Kier alpha value is -1.24. The van der Waals surface area contributed by atoms with Crippen molar-refractivity contribution in [1.82, 2.24) is 19.8 Å². The van der Waals surface area contributed by atoms with E-state index < -0.39 is 0 Å². The average molecular weight is 293 g/mol. The predicted octanol–water partition coefficient (Wildman–Crippen LogP) is 0.138. The fraction of sp³-hybridized carbons (Fsp3) is 0.733. The number of aliphatic hydroxyl groups is 1. The van der Waals surface area contributed by atoms with Crippen molar-refractivity contribution in [2.24, 2.45) is 0 Å². The normalized spacial score (nSPS) is 18.7. The van der Waals surface area contributed by atoms with E-state index in [9.17, 15) is 5.11 Å². The highest BCUT2D eigenvalue weighted by Crippen LogP contribution is 2.14. The van der Waals surface area contributed by atoms with Crippen LogP contribution in [0, 0.1) is 13.8 Å². The molecule has 2 rings (SSSR count). The van der Waals surface area contributed by atoms with Crippen molar-refractivity contribution in [3.8, 4) is 0 Å². The number of aromatic nitrogens is 2. The topological polar surface area (TPSA) is 55.7 Å². The van der Waals surface area contributed by atoms with Crippen molar-refractivity contribution in [3.63, 3.8) is 0 Å². The van der Waals surface area contributed by atoms with E-state index in [1.54, 1.807) is 6.20 Å². The predicted molar refractivity (Wildman–Crippen MR) is 84.7 cm³/mol. The molecule has 0 aromatic carbocycles. The summed E-state index contributed by atoms with van der Waals surface area (Å²) in [6, 6.07) is 0. The largest absolute Gasteiger partial charge is 0.390 e. The van der Waals surface area contributed by atoms with E-state index >= 15 is 0 Å². The Morgan fingerprint density at radius 1 is 1.29 bits per heavy atom. The molecule has 1 aliphatic heterocycles. The molecule has 0 bridgehead atoms. The molecule has 1 N–H and O–H groups in total. The van der Waals surface area contributed by atoms with E-state index in [2.05, 4.69) is 26.8 Å². The fourth-order valence-corrected chi connectivity index (χ4v) is 2.68. The van der Waals surface area contributed by atoms with E-state index in [-0.39, 0.29) is 6.10 Å². The Morgan fingerprint density at radius 3 is 2.62 bits per heavy atom. The monoisotopic (exact) mass is 293 g/mol. The van der Waals surface area contributed by atoms with E-state index in [0.717, 1.165) is 49.9 Å². The maximum Gasteiger partial charge on any atom is 0.150 e. The maximum atomic E-state index is 10.3. The van der Waals surface area contributed by atoms with Gasteiger partial charge in [-0.2, -0.15) is 0 Å². The summed E-state index contributed by atoms with van der Waals surface area (Å²) in [7, 11) is 4.10. The number of piperazine rings is 1. The molecule has 1 aromatic heterocycles. The van der Waals surface area contributed by atoms with E-state index in [1.165, 1.54) is 0 Å². The van der Waals surface area contributed by atoms with Gasteiger partial charge in [0.05, 0.1) is 17.5 Å². The Kier molecular flexibility index (Phi) is 5.50. The molecule has 1 atom stereocenters. The number of likely N-dealkylation sites (N-methyl/N-ethyl adjacent to an activating group) is 2. The zero-order valence-electron chi connectivity index (χ0n) is 13.6. The van der Waals surface area contributed by atoms with E-state index in [1.807, 2.05) is 25.8 Å². The number of rotatable bonds is 5. The standard InChI is InChI=1S/C15H27N5O/c1-12-9-16-13(2)15(17-12)19(4)10-14(21)11-20-7-5-18(3)6-8-20/h9,14,21H,5-8,10-11H2,1-4H3/t14-/m0/s1. The second-order valence-corrected chi connectivity index (χ2v) is 6.06. The first-order valence-electron chi connectivity index (χ1n) is 7.56. The molecular weight excluding hydrogens is 266 g/mol. The lowest BCUT2D eigenvalue weighted by molar-refractivity contribution is 0.0842. The lowest BCUT2D eigenvalue weighted by Gasteiger charge is -2.34. The second-order valence-electron chi connectivity index (χ2n) is 6.06. The number of anilines is 1. The molecule has 6 nitrogen and oxygen atoms in total.